The number of hydrogen-bond donors (Lipinski definition) is 0. The lowest BCUT2D eigenvalue weighted by atomic mass is 9.97. The van der Waals surface area contributed by atoms with Crippen LogP contribution in [0.5, 0.6) is 5.75 Å². The summed E-state index contributed by atoms with van der Waals surface area (Å²) in [4.78, 5) is 26.5. The Morgan fingerprint density at radius 3 is 2.35 bits per heavy atom. The van der Waals surface area contributed by atoms with E-state index < -0.39 is 28.7 Å². The molecule has 0 unspecified atom stereocenters. The second kappa shape index (κ2) is 7.70. The molecule has 3 heterocycles. The van der Waals surface area contributed by atoms with E-state index in [1.807, 2.05) is 42.7 Å². The van der Waals surface area contributed by atoms with Gasteiger partial charge in [-0.1, -0.05) is 18.2 Å². The first-order valence-corrected chi connectivity index (χ1v) is 11.0. The van der Waals surface area contributed by atoms with Crippen molar-refractivity contribution in [3.63, 3.8) is 0 Å². The maximum absolute atomic E-state index is 15.0. The lowest BCUT2D eigenvalue weighted by molar-refractivity contribution is -0.00855. The average molecular weight is 464 g/mol. The molecule has 4 aromatic rings. The van der Waals surface area contributed by atoms with Gasteiger partial charge in [-0.05, 0) is 49.7 Å². The molecule has 1 atom stereocenters. The van der Waals surface area contributed by atoms with Crippen LogP contribution in [0.25, 0.3) is 22.2 Å². The van der Waals surface area contributed by atoms with Crippen LogP contribution < -0.4 is 16.0 Å². The molecule has 7 nitrogen and oxygen atoms in total. The first kappa shape index (κ1) is 22.2. The minimum atomic E-state index is -0.790. The van der Waals surface area contributed by atoms with E-state index >= 15 is 0 Å². The SMILES string of the molecule is COc1ccc(-c2c3c(=O)n(C)c(=O)n(C)c3c3n2C(C)(C)CO[C@H]3c2ccccc2F)cc1. The summed E-state index contributed by atoms with van der Waals surface area (Å²) in [7, 11) is 4.69. The number of ether oxygens (including phenoxy) is 2. The van der Waals surface area contributed by atoms with Crippen LogP contribution in [-0.2, 0) is 24.4 Å². The second-order valence-corrected chi connectivity index (χ2v) is 9.25. The van der Waals surface area contributed by atoms with E-state index in [1.54, 1.807) is 32.4 Å². The Labute approximate surface area is 195 Å². The van der Waals surface area contributed by atoms with Crippen LogP contribution in [0.1, 0.15) is 31.2 Å². The van der Waals surface area contributed by atoms with Gasteiger partial charge in [0.25, 0.3) is 5.56 Å². The van der Waals surface area contributed by atoms with Gasteiger partial charge in [0, 0.05) is 19.7 Å². The molecular formula is C26H26FN3O4. The number of benzene rings is 2. The molecule has 0 bridgehead atoms. The molecule has 2 aromatic carbocycles. The van der Waals surface area contributed by atoms with E-state index in [0.29, 0.717) is 33.6 Å². The van der Waals surface area contributed by atoms with Crippen LogP contribution in [0.4, 0.5) is 4.39 Å². The summed E-state index contributed by atoms with van der Waals surface area (Å²) in [5, 5.41) is 0.393. The van der Waals surface area contributed by atoms with Gasteiger partial charge in [0.1, 0.15) is 17.7 Å². The molecule has 0 saturated carbocycles. The second-order valence-electron chi connectivity index (χ2n) is 9.25. The van der Waals surface area contributed by atoms with Gasteiger partial charge in [0.2, 0.25) is 0 Å². The molecule has 0 saturated heterocycles. The Balaban J connectivity index is 2.00. The zero-order valence-corrected chi connectivity index (χ0v) is 19.8. The van der Waals surface area contributed by atoms with E-state index in [4.69, 9.17) is 9.47 Å². The number of nitrogens with zero attached hydrogens (tertiary/aromatic N) is 3. The van der Waals surface area contributed by atoms with Crippen molar-refractivity contribution in [2.45, 2.75) is 25.5 Å². The minimum absolute atomic E-state index is 0.289. The fourth-order valence-corrected chi connectivity index (χ4v) is 4.94. The molecule has 0 N–H and O–H groups in total. The smallest absolute Gasteiger partial charge is 0.331 e. The quantitative estimate of drug-likeness (QED) is 0.465. The Bertz CT molecular complexity index is 1540. The largest absolute Gasteiger partial charge is 0.497 e. The topological polar surface area (TPSA) is 67.4 Å². The molecule has 34 heavy (non-hydrogen) atoms. The Morgan fingerprint density at radius 1 is 1.03 bits per heavy atom. The zero-order chi connectivity index (χ0) is 24.4. The molecular weight excluding hydrogens is 437 g/mol. The van der Waals surface area contributed by atoms with E-state index in [2.05, 4.69) is 0 Å². The molecule has 1 aliphatic heterocycles. The summed E-state index contributed by atoms with van der Waals surface area (Å²) in [6.07, 6.45) is -0.790. The van der Waals surface area contributed by atoms with Gasteiger partial charge in [-0.3, -0.25) is 13.9 Å². The summed E-state index contributed by atoms with van der Waals surface area (Å²) < 4.78 is 31.1. The Kier molecular flexibility index (Phi) is 5.02. The highest BCUT2D eigenvalue weighted by atomic mass is 19.1. The third-order valence-electron chi connectivity index (χ3n) is 6.62. The molecule has 8 heteroatoms. The van der Waals surface area contributed by atoms with Crippen LogP contribution in [0.2, 0.25) is 0 Å². The van der Waals surface area contributed by atoms with Crippen molar-refractivity contribution in [3.05, 3.63) is 86.4 Å². The summed E-state index contributed by atoms with van der Waals surface area (Å²) >= 11 is 0. The molecule has 0 fully saturated rings. The fourth-order valence-electron chi connectivity index (χ4n) is 4.94. The fraction of sp³-hybridized carbons (Fsp3) is 0.308. The van der Waals surface area contributed by atoms with Gasteiger partial charge < -0.3 is 14.0 Å². The first-order valence-electron chi connectivity index (χ1n) is 11.0. The monoisotopic (exact) mass is 463 g/mol. The number of halogens is 1. The normalized spacial score (nSPS) is 17.1. The van der Waals surface area contributed by atoms with Crippen molar-refractivity contribution < 1.29 is 13.9 Å². The van der Waals surface area contributed by atoms with Crippen LogP contribution in [0.3, 0.4) is 0 Å². The van der Waals surface area contributed by atoms with E-state index in [0.717, 1.165) is 10.1 Å². The highest BCUT2D eigenvalue weighted by Crippen LogP contribution is 2.45. The van der Waals surface area contributed by atoms with Crippen molar-refractivity contribution in [3.8, 4) is 17.0 Å². The maximum Gasteiger partial charge on any atom is 0.331 e. The molecule has 2 aromatic heterocycles. The molecule has 0 radical (unpaired) electrons. The van der Waals surface area contributed by atoms with E-state index in [9.17, 15) is 14.0 Å². The van der Waals surface area contributed by atoms with Crippen molar-refractivity contribution in [2.24, 2.45) is 14.1 Å². The average Bonchev–Trinajstić information content (AvgIpc) is 3.20. The standard InChI is InChI=1S/C26H26FN3O4/c1-26(2)14-34-23(17-8-6-7-9-18(17)27)22-21-19(24(31)29(4)25(32)28(21)3)20(30(22)26)15-10-12-16(33-5)13-11-15/h6-13,23H,14H2,1-5H3/t23-/m0/s1. The number of fused-ring (bicyclic) bond motifs is 3. The number of aryl methyl sites for hydroxylation is 1. The zero-order valence-electron chi connectivity index (χ0n) is 19.8. The Morgan fingerprint density at radius 2 is 1.71 bits per heavy atom. The van der Waals surface area contributed by atoms with Crippen molar-refractivity contribution in [2.75, 3.05) is 13.7 Å². The third kappa shape index (κ3) is 3.05. The predicted molar refractivity (Wildman–Crippen MR) is 128 cm³/mol. The van der Waals surface area contributed by atoms with Crippen LogP contribution in [0, 0.1) is 5.82 Å². The van der Waals surface area contributed by atoms with E-state index in [-0.39, 0.29) is 6.61 Å². The highest BCUT2D eigenvalue weighted by molar-refractivity contribution is 5.97. The summed E-state index contributed by atoms with van der Waals surface area (Å²) in [5.41, 5.74) is 1.39. The van der Waals surface area contributed by atoms with Crippen LogP contribution in [0.15, 0.2) is 58.1 Å². The molecule has 0 spiro atoms. The molecule has 176 valence electrons. The number of hydrogen-bond acceptors (Lipinski definition) is 4. The summed E-state index contributed by atoms with van der Waals surface area (Å²) in [6, 6.07) is 13.9. The number of rotatable bonds is 3. The Hall–Kier alpha value is -3.65. The van der Waals surface area contributed by atoms with Gasteiger partial charge in [-0.15, -0.1) is 0 Å². The predicted octanol–water partition coefficient (Wildman–Crippen LogP) is 3.71. The van der Waals surface area contributed by atoms with Gasteiger partial charge >= 0.3 is 5.69 Å². The lowest BCUT2D eigenvalue weighted by Crippen LogP contribution is -2.40. The van der Waals surface area contributed by atoms with E-state index in [1.165, 1.54) is 17.7 Å². The van der Waals surface area contributed by atoms with Crippen LogP contribution >= 0.6 is 0 Å². The number of methoxy groups -OCH3 is 1. The molecule has 0 amide bonds. The van der Waals surface area contributed by atoms with Crippen molar-refractivity contribution in [1.82, 2.24) is 13.7 Å². The van der Waals surface area contributed by atoms with Gasteiger partial charge in [-0.25, -0.2) is 9.18 Å². The first-order chi connectivity index (χ1) is 16.2. The van der Waals surface area contributed by atoms with Gasteiger partial charge in [0.05, 0.1) is 41.5 Å². The third-order valence-corrected chi connectivity index (χ3v) is 6.62. The molecule has 0 aliphatic carbocycles. The molecule has 1 aliphatic rings. The van der Waals surface area contributed by atoms with Crippen molar-refractivity contribution in [1.29, 1.82) is 0 Å². The summed E-state index contributed by atoms with van der Waals surface area (Å²) in [6.45, 7) is 4.29. The van der Waals surface area contributed by atoms with Gasteiger partial charge in [-0.2, -0.15) is 0 Å². The van der Waals surface area contributed by atoms with Crippen LogP contribution in [-0.4, -0.2) is 27.4 Å². The highest BCUT2D eigenvalue weighted by Gasteiger charge is 2.41. The summed E-state index contributed by atoms with van der Waals surface area (Å²) in [5.74, 6) is 0.276. The number of aromatic nitrogens is 3. The van der Waals surface area contributed by atoms with Gasteiger partial charge in [0.15, 0.2) is 0 Å². The lowest BCUT2D eigenvalue weighted by Gasteiger charge is -2.39. The maximum atomic E-state index is 15.0. The molecule has 5 rings (SSSR count). The van der Waals surface area contributed by atoms with Crippen molar-refractivity contribution >= 4 is 10.9 Å². The minimum Gasteiger partial charge on any atom is -0.497 e.